The highest BCUT2D eigenvalue weighted by Crippen LogP contribution is 2.20. The number of para-hydroxylation sites is 1. The van der Waals surface area contributed by atoms with Gasteiger partial charge in [-0.15, -0.1) is 0 Å². The van der Waals surface area contributed by atoms with Crippen LogP contribution < -0.4 is 10.1 Å². The molecule has 1 aromatic heterocycles. The fourth-order valence-corrected chi connectivity index (χ4v) is 2.61. The number of carbonyl (C=O) groups excluding carboxylic acids is 1. The van der Waals surface area contributed by atoms with Gasteiger partial charge in [-0.05, 0) is 43.3 Å². The zero-order valence-corrected chi connectivity index (χ0v) is 14.0. The van der Waals surface area contributed by atoms with E-state index in [9.17, 15) is 4.79 Å². The summed E-state index contributed by atoms with van der Waals surface area (Å²) in [5, 5.41) is 4.60. The summed E-state index contributed by atoms with van der Waals surface area (Å²) in [6, 6.07) is 16.7. The number of hydrogen-bond acceptors (Lipinski definition) is 3. The van der Waals surface area contributed by atoms with Gasteiger partial charge in [0.2, 0.25) is 0 Å². The molecule has 124 valence electrons. The number of hydrogen-bond donors (Lipinski definition) is 1. The molecule has 3 rings (SSSR count). The van der Waals surface area contributed by atoms with Crippen LogP contribution >= 0.6 is 11.6 Å². The molecule has 5 heteroatoms. The zero-order valence-electron chi connectivity index (χ0n) is 13.3. The highest BCUT2D eigenvalue weighted by Gasteiger charge is 2.12. The summed E-state index contributed by atoms with van der Waals surface area (Å²) < 4.78 is 11.2. The first-order valence-corrected chi connectivity index (χ1v) is 8.13. The monoisotopic (exact) mass is 343 g/mol. The maximum absolute atomic E-state index is 12.0. The van der Waals surface area contributed by atoms with Gasteiger partial charge >= 0.3 is 0 Å². The molecule has 1 atom stereocenters. The molecule has 0 aliphatic rings. The van der Waals surface area contributed by atoms with Gasteiger partial charge in [0.25, 0.3) is 5.91 Å². The second-order valence-electron chi connectivity index (χ2n) is 5.67. The third-order valence-corrected chi connectivity index (χ3v) is 3.83. The van der Waals surface area contributed by atoms with E-state index >= 15 is 0 Å². The smallest absolute Gasteiger partial charge is 0.258 e. The predicted octanol–water partition coefficient (Wildman–Crippen LogP) is 4.21. The Hall–Kier alpha value is -2.46. The number of nitrogens with one attached hydrogen (secondary N) is 1. The fraction of sp³-hybridized carbons (Fsp3) is 0.211. The lowest BCUT2D eigenvalue weighted by Gasteiger charge is -2.13. The second-order valence-corrected chi connectivity index (χ2v) is 6.10. The van der Waals surface area contributed by atoms with E-state index in [4.69, 9.17) is 20.8 Å². The van der Waals surface area contributed by atoms with Crippen LogP contribution in [0.25, 0.3) is 11.0 Å². The van der Waals surface area contributed by atoms with Crippen molar-refractivity contribution in [2.24, 2.45) is 0 Å². The Labute approximate surface area is 145 Å². The first-order valence-electron chi connectivity index (χ1n) is 7.75. The average Bonchev–Trinajstić information content (AvgIpc) is 2.96. The minimum absolute atomic E-state index is 0.0356. The van der Waals surface area contributed by atoms with Crippen LogP contribution in [-0.4, -0.2) is 18.6 Å². The largest absolute Gasteiger partial charge is 0.484 e. The molecule has 0 aliphatic carbocycles. The van der Waals surface area contributed by atoms with E-state index in [1.807, 2.05) is 37.3 Å². The molecule has 0 radical (unpaired) electrons. The molecule has 24 heavy (non-hydrogen) atoms. The summed E-state index contributed by atoms with van der Waals surface area (Å²) in [6.07, 6.45) is 0.626. The number of furan rings is 1. The molecule has 0 aliphatic heterocycles. The lowest BCUT2D eigenvalue weighted by Crippen LogP contribution is -2.37. The van der Waals surface area contributed by atoms with Gasteiger partial charge in [0.1, 0.15) is 17.1 Å². The number of ether oxygens (including phenoxy) is 1. The van der Waals surface area contributed by atoms with E-state index in [1.165, 1.54) is 0 Å². The van der Waals surface area contributed by atoms with E-state index in [2.05, 4.69) is 5.32 Å². The van der Waals surface area contributed by atoms with Crippen molar-refractivity contribution >= 4 is 28.5 Å². The van der Waals surface area contributed by atoms with Crippen LogP contribution in [0.3, 0.4) is 0 Å². The summed E-state index contributed by atoms with van der Waals surface area (Å²) in [4.78, 5) is 12.0. The molecule has 0 saturated heterocycles. The molecule has 2 aromatic carbocycles. The van der Waals surface area contributed by atoms with Gasteiger partial charge in [-0.1, -0.05) is 29.8 Å². The molecular weight excluding hydrogens is 326 g/mol. The lowest BCUT2D eigenvalue weighted by molar-refractivity contribution is -0.123. The van der Waals surface area contributed by atoms with Crippen LogP contribution in [0.4, 0.5) is 0 Å². The van der Waals surface area contributed by atoms with E-state index in [1.54, 1.807) is 24.3 Å². The molecule has 0 saturated carbocycles. The first kappa shape index (κ1) is 16.4. The van der Waals surface area contributed by atoms with E-state index in [-0.39, 0.29) is 18.6 Å². The van der Waals surface area contributed by atoms with Crippen molar-refractivity contribution in [1.29, 1.82) is 0 Å². The number of halogens is 1. The van der Waals surface area contributed by atoms with Crippen LogP contribution in [0.5, 0.6) is 5.75 Å². The minimum Gasteiger partial charge on any atom is -0.484 e. The van der Waals surface area contributed by atoms with Crippen LogP contribution in [-0.2, 0) is 11.2 Å². The van der Waals surface area contributed by atoms with Crippen molar-refractivity contribution < 1.29 is 13.9 Å². The van der Waals surface area contributed by atoms with Crippen molar-refractivity contribution in [2.45, 2.75) is 19.4 Å². The van der Waals surface area contributed by atoms with E-state index in [0.29, 0.717) is 17.2 Å². The summed E-state index contributed by atoms with van der Waals surface area (Å²) in [5.41, 5.74) is 0.858. The third kappa shape index (κ3) is 4.30. The van der Waals surface area contributed by atoms with Crippen LogP contribution in [0.2, 0.25) is 5.02 Å². The van der Waals surface area contributed by atoms with Gasteiger partial charge in [0, 0.05) is 22.9 Å². The lowest BCUT2D eigenvalue weighted by atomic mass is 10.2. The highest BCUT2D eigenvalue weighted by atomic mass is 35.5. The van der Waals surface area contributed by atoms with Crippen LogP contribution in [0.15, 0.2) is 59.0 Å². The Balaban J connectivity index is 1.49. The Morgan fingerprint density at radius 2 is 1.96 bits per heavy atom. The molecule has 1 unspecified atom stereocenters. The number of amides is 1. The number of fused-ring (bicyclic) bond motifs is 1. The maximum Gasteiger partial charge on any atom is 0.258 e. The molecule has 4 nitrogen and oxygen atoms in total. The normalized spacial score (nSPS) is 12.1. The summed E-state index contributed by atoms with van der Waals surface area (Å²) in [5.74, 6) is 1.29. The van der Waals surface area contributed by atoms with Crippen molar-refractivity contribution in [2.75, 3.05) is 6.61 Å². The fourth-order valence-electron chi connectivity index (χ4n) is 2.49. The zero-order chi connectivity index (χ0) is 16.9. The van der Waals surface area contributed by atoms with Crippen molar-refractivity contribution in [3.8, 4) is 5.75 Å². The molecule has 0 spiro atoms. The third-order valence-electron chi connectivity index (χ3n) is 3.57. The van der Waals surface area contributed by atoms with Crippen LogP contribution in [0, 0.1) is 0 Å². The quantitative estimate of drug-likeness (QED) is 0.729. The van der Waals surface area contributed by atoms with Gasteiger partial charge in [-0.25, -0.2) is 0 Å². The SMILES string of the molecule is CC(Cc1cc2ccccc2o1)NC(=O)COc1ccc(Cl)cc1. The number of benzene rings is 2. The van der Waals surface area contributed by atoms with Crippen LogP contribution in [0.1, 0.15) is 12.7 Å². The summed E-state index contributed by atoms with van der Waals surface area (Å²) >= 11 is 5.81. The van der Waals surface area contributed by atoms with Gasteiger partial charge in [0.15, 0.2) is 6.61 Å². The molecule has 0 bridgehead atoms. The molecule has 0 fully saturated rings. The maximum atomic E-state index is 12.0. The second kappa shape index (κ2) is 7.41. The molecule has 1 heterocycles. The van der Waals surface area contributed by atoms with Gasteiger partial charge in [-0.2, -0.15) is 0 Å². The average molecular weight is 344 g/mol. The Morgan fingerprint density at radius 3 is 2.71 bits per heavy atom. The number of carbonyl (C=O) groups is 1. The molecule has 1 N–H and O–H groups in total. The number of rotatable bonds is 6. The van der Waals surface area contributed by atoms with Crippen molar-refractivity contribution in [1.82, 2.24) is 5.32 Å². The topological polar surface area (TPSA) is 51.5 Å². The molecule has 1 amide bonds. The van der Waals surface area contributed by atoms with Gasteiger partial charge in [0.05, 0.1) is 0 Å². The van der Waals surface area contributed by atoms with Crippen molar-refractivity contribution in [3.63, 3.8) is 0 Å². The molecule has 3 aromatic rings. The van der Waals surface area contributed by atoms with Gasteiger partial charge in [-0.3, -0.25) is 4.79 Å². The van der Waals surface area contributed by atoms with Gasteiger partial charge < -0.3 is 14.5 Å². The molecular formula is C19H18ClNO3. The van der Waals surface area contributed by atoms with E-state index < -0.39 is 0 Å². The highest BCUT2D eigenvalue weighted by molar-refractivity contribution is 6.30. The summed E-state index contributed by atoms with van der Waals surface area (Å²) in [7, 11) is 0. The van der Waals surface area contributed by atoms with E-state index in [0.717, 1.165) is 16.7 Å². The Bertz CT molecular complexity index is 793. The summed E-state index contributed by atoms with van der Waals surface area (Å²) in [6.45, 7) is 1.90. The van der Waals surface area contributed by atoms with Crippen molar-refractivity contribution in [3.05, 3.63) is 65.4 Å². The standard InChI is InChI=1S/C19H18ClNO3/c1-13(10-17-11-14-4-2-3-5-18(14)24-17)21-19(22)12-23-16-8-6-15(20)7-9-16/h2-9,11,13H,10,12H2,1H3,(H,21,22). The Kier molecular flexibility index (Phi) is 5.06. The Morgan fingerprint density at radius 1 is 1.21 bits per heavy atom. The predicted molar refractivity (Wildman–Crippen MR) is 94.5 cm³/mol. The minimum atomic E-state index is -0.173. The first-order chi connectivity index (χ1) is 11.6.